The number of amides is 1. The van der Waals surface area contributed by atoms with Gasteiger partial charge in [-0.1, -0.05) is 0 Å². The van der Waals surface area contributed by atoms with E-state index >= 15 is 0 Å². The molecule has 1 amide bonds. The van der Waals surface area contributed by atoms with Crippen LogP contribution in [0.1, 0.15) is 47.2 Å². The van der Waals surface area contributed by atoms with Crippen LogP contribution in [-0.2, 0) is 9.53 Å². The van der Waals surface area contributed by atoms with Crippen LogP contribution in [0.5, 0.6) is 0 Å². The number of fused-ring (bicyclic) bond motifs is 1. The third kappa shape index (κ3) is 4.78. The number of hydrogen-bond acceptors (Lipinski definition) is 6. The highest BCUT2D eigenvalue weighted by molar-refractivity contribution is 5.97. The topological polar surface area (TPSA) is 102 Å². The molecule has 0 aliphatic carbocycles. The van der Waals surface area contributed by atoms with Crippen LogP contribution >= 0.6 is 0 Å². The number of ether oxygens (including phenoxy) is 1. The van der Waals surface area contributed by atoms with Gasteiger partial charge in [0.05, 0.1) is 0 Å². The van der Waals surface area contributed by atoms with Crippen molar-refractivity contribution in [3.63, 3.8) is 0 Å². The molecule has 2 aromatic rings. The first kappa shape index (κ1) is 21.3. The van der Waals surface area contributed by atoms with Crippen LogP contribution in [-0.4, -0.2) is 46.3 Å². The molecule has 0 bridgehead atoms. The second-order valence-corrected chi connectivity index (χ2v) is 6.96. The minimum absolute atomic E-state index is 0.0537. The number of hydrogen-bond donors (Lipinski definition) is 2. The Kier molecular flexibility index (Phi) is 5.81. The normalized spacial score (nSPS) is 18.2. The number of halogens is 3. The smallest absolute Gasteiger partial charge is 0.410 e. The number of ketones is 1. The summed E-state index contributed by atoms with van der Waals surface area (Å²) in [6.07, 6.45) is -4.74. The van der Waals surface area contributed by atoms with Gasteiger partial charge in [-0.2, -0.15) is 18.3 Å². The quantitative estimate of drug-likeness (QED) is 0.565. The number of carbonyl (C=O) groups excluding carboxylic acids is 3. The first-order valence-electron chi connectivity index (χ1n) is 9.05. The molecule has 0 spiro atoms. The zero-order chi connectivity index (χ0) is 22.1. The van der Waals surface area contributed by atoms with Crippen molar-refractivity contribution in [2.24, 2.45) is 0 Å². The molecule has 2 heterocycles. The third-order valence-corrected chi connectivity index (χ3v) is 4.50. The van der Waals surface area contributed by atoms with Gasteiger partial charge in [-0.25, -0.2) is 9.48 Å². The maximum Gasteiger partial charge on any atom is 0.410 e. The van der Waals surface area contributed by atoms with Crippen molar-refractivity contribution in [2.45, 2.75) is 38.5 Å². The predicted molar refractivity (Wildman–Crippen MR) is 100 cm³/mol. The Bertz CT molecular complexity index is 969. The monoisotopic (exact) mass is 424 g/mol. The molecule has 1 aromatic heterocycles. The molecule has 0 unspecified atom stereocenters. The highest BCUT2D eigenvalue weighted by atomic mass is 19.4. The Morgan fingerprint density at radius 1 is 1.27 bits per heavy atom. The number of anilines is 2. The average Bonchev–Trinajstić information content (AvgIpc) is 3.09. The van der Waals surface area contributed by atoms with Gasteiger partial charge >= 0.3 is 12.1 Å². The number of aromatic nitrogens is 2. The van der Waals surface area contributed by atoms with E-state index in [1.54, 1.807) is 6.92 Å². The fourth-order valence-corrected chi connectivity index (χ4v) is 3.05. The minimum atomic E-state index is -4.52. The molecule has 160 valence electrons. The van der Waals surface area contributed by atoms with Gasteiger partial charge < -0.3 is 15.4 Å². The van der Waals surface area contributed by atoms with Crippen LogP contribution in [0, 0.1) is 0 Å². The second-order valence-electron chi connectivity index (χ2n) is 6.96. The first-order chi connectivity index (χ1) is 14.0. The highest BCUT2D eigenvalue weighted by Crippen LogP contribution is 2.39. The lowest BCUT2D eigenvalue weighted by atomic mass is 10.1. The summed E-state index contributed by atoms with van der Waals surface area (Å²) in [5.74, 6) is -1.74. The fraction of sp³-hybridized carbons (Fsp3) is 0.368. The Hall–Kier alpha value is -3.37. The molecule has 2 atom stereocenters. The van der Waals surface area contributed by atoms with Gasteiger partial charge in [0.2, 0.25) is 0 Å². The molecule has 0 fully saturated rings. The lowest BCUT2D eigenvalue weighted by Gasteiger charge is -2.31. The van der Waals surface area contributed by atoms with Gasteiger partial charge in [0.1, 0.15) is 5.82 Å². The molecule has 1 aliphatic heterocycles. The Morgan fingerprint density at radius 2 is 1.93 bits per heavy atom. The number of rotatable bonds is 5. The molecule has 1 aliphatic rings. The maximum absolute atomic E-state index is 13.3. The molecule has 8 nitrogen and oxygen atoms in total. The number of nitrogens with one attached hydrogen (secondary N) is 2. The Labute approximate surface area is 169 Å². The van der Waals surface area contributed by atoms with Gasteiger partial charge in [-0.05, 0) is 44.5 Å². The predicted octanol–water partition coefficient (Wildman–Crippen LogP) is 3.19. The molecule has 3 rings (SSSR count). The van der Waals surface area contributed by atoms with Crippen molar-refractivity contribution in [3.8, 4) is 0 Å². The molecule has 1 aromatic carbocycles. The standard InChI is InChI=1S/C19H19F3N4O4/c1-10-7-15(19(20,21)22)26-16(23-10)8-14(25-26)18(29)30-9-17(28)24-13-5-3-12(4-6-13)11(2)27/h3-6,8,10,15,23H,7,9H2,1-2H3,(H,24,28)/t10-,15-/m0/s1. The molecule has 0 saturated heterocycles. The van der Waals surface area contributed by atoms with Crippen molar-refractivity contribution in [2.75, 3.05) is 17.2 Å². The van der Waals surface area contributed by atoms with E-state index in [0.717, 1.165) is 6.07 Å². The third-order valence-electron chi connectivity index (χ3n) is 4.50. The largest absolute Gasteiger partial charge is 0.451 e. The van der Waals surface area contributed by atoms with Gasteiger partial charge in [0, 0.05) is 23.4 Å². The number of carbonyl (C=O) groups is 3. The van der Waals surface area contributed by atoms with E-state index in [-0.39, 0.29) is 23.7 Å². The van der Waals surface area contributed by atoms with E-state index in [2.05, 4.69) is 15.7 Å². The molecule has 11 heteroatoms. The SMILES string of the molecule is CC(=O)c1ccc(NC(=O)COC(=O)c2cc3n(n2)[C@H](C(F)(F)F)C[C@H](C)N3)cc1. The van der Waals surface area contributed by atoms with Gasteiger partial charge in [-0.15, -0.1) is 0 Å². The number of alkyl halides is 3. The van der Waals surface area contributed by atoms with Crippen molar-refractivity contribution in [1.82, 2.24) is 9.78 Å². The van der Waals surface area contributed by atoms with Crippen LogP contribution in [0.4, 0.5) is 24.7 Å². The van der Waals surface area contributed by atoms with E-state index in [1.165, 1.54) is 31.2 Å². The zero-order valence-corrected chi connectivity index (χ0v) is 16.1. The minimum Gasteiger partial charge on any atom is -0.451 e. The summed E-state index contributed by atoms with van der Waals surface area (Å²) in [6.45, 7) is 2.36. The second kappa shape index (κ2) is 8.17. The highest BCUT2D eigenvalue weighted by Gasteiger charge is 2.45. The summed E-state index contributed by atoms with van der Waals surface area (Å²) >= 11 is 0. The summed E-state index contributed by atoms with van der Waals surface area (Å²) in [5.41, 5.74) is 0.535. The summed E-state index contributed by atoms with van der Waals surface area (Å²) in [5, 5.41) is 9.04. The van der Waals surface area contributed by atoms with Crippen LogP contribution in [0.2, 0.25) is 0 Å². The Morgan fingerprint density at radius 3 is 2.53 bits per heavy atom. The van der Waals surface area contributed by atoms with Gasteiger partial charge in [0.25, 0.3) is 5.91 Å². The van der Waals surface area contributed by atoms with E-state index in [0.29, 0.717) is 15.9 Å². The summed E-state index contributed by atoms with van der Waals surface area (Å²) < 4.78 is 45.3. The van der Waals surface area contributed by atoms with Crippen LogP contribution < -0.4 is 10.6 Å². The summed E-state index contributed by atoms with van der Waals surface area (Å²) in [4.78, 5) is 35.3. The van der Waals surface area contributed by atoms with E-state index in [4.69, 9.17) is 4.74 Å². The zero-order valence-electron chi connectivity index (χ0n) is 16.1. The van der Waals surface area contributed by atoms with E-state index in [9.17, 15) is 27.6 Å². The van der Waals surface area contributed by atoms with Crippen LogP contribution in [0.3, 0.4) is 0 Å². The molecular formula is C19H19F3N4O4. The van der Waals surface area contributed by atoms with Crippen molar-refractivity contribution >= 4 is 29.2 Å². The number of esters is 1. The maximum atomic E-state index is 13.3. The van der Waals surface area contributed by atoms with Crippen LogP contribution in [0.15, 0.2) is 30.3 Å². The molecule has 2 N–H and O–H groups in total. The molecule has 0 saturated carbocycles. The number of nitrogens with zero attached hydrogens (tertiary/aromatic N) is 2. The van der Waals surface area contributed by atoms with E-state index < -0.39 is 36.7 Å². The van der Waals surface area contributed by atoms with Crippen molar-refractivity contribution < 1.29 is 32.3 Å². The first-order valence-corrected chi connectivity index (χ1v) is 9.05. The van der Waals surface area contributed by atoms with Crippen molar-refractivity contribution in [3.05, 3.63) is 41.6 Å². The van der Waals surface area contributed by atoms with E-state index in [1.807, 2.05) is 0 Å². The van der Waals surface area contributed by atoms with Crippen LogP contribution in [0.25, 0.3) is 0 Å². The van der Waals surface area contributed by atoms with Gasteiger partial charge in [0.15, 0.2) is 24.1 Å². The Balaban J connectivity index is 1.61. The summed E-state index contributed by atoms with van der Waals surface area (Å²) in [7, 11) is 0. The number of benzene rings is 1. The number of Topliss-reactive ketones (excluding diaryl/α,β-unsaturated/α-hetero) is 1. The molecule has 30 heavy (non-hydrogen) atoms. The lowest BCUT2D eigenvalue weighted by molar-refractivity contribution is -0.173. The van der Waals surface area contributed by atoms with Gasteiger partial charge in [-0.3, -0.25) is 9.59 Å². The molecule has 0 radical (unpaired) electrons. The average molecular weight is 424 g/mol. The lowest BCUT2D eigenvalue weighted by Crippen LogP contribution is -2.37. The summed E-state index contributed by atoms with van der Waals surface area (Å²) in [6, 6.07) is 4.95. The fourth-order valence-electron chi connectivity index (χ4n) is 3.05. The molecular weight excluding hydrogens is 405 g/mol. The van der Waals surface area contributed by atoms with Crippen molar-refractivity contribution in [1.29, 1.82) is 0 Å².